The Morgan fingerprint density at radius 2 is 1.57 bits per heavy atom. The third-order valence-corrected chi connectivity index (χ3v) is 1.67. The molecule has 0 aliphatic rings. The number of phosphoric ester groups is 1. The standard InChI is InChI=1S/C7H9O4P.2Na/c1-6-2-4-7(5-3-6)11-12(8,9)10;;/h2-5H,1H3,(H2,8,9,10);;/q;2*+1/p-2. The minimum absolute atomic E-state index is 0. The Kier molecular flexibility index (Phi) is 9.34. The zero-order valence-electron chi connectivity index (χ0n) is 8.39. The van der Waals surface area contributed by atoms with E-state index in [0.29, 0.717) is 0 Å². The summed E-state index contributed by atoms with van der Waals surface area (Å²) in [5.74, 6) is 0.0499. The van der Waals surface area contributed by atoms with Crippen LogP contribution < -0.4 is 73.4 Å². The van der Waals surface area contributed by atoms with Gasteiger partial charge in [0, 0.05) is 0 Å². The molecule has 0 saturated carbocycles. The molecular weight excluding hydrogens is 225 g/mol. The van der Waals surface area contributed by atoms with Crippen LogP contribution in [0.3, 0.4) is 0 Å². The van der Waals surface area contributed by atoms with Crippen molar-refractivity contribution in [1.29, 1.82) is 0 Å². The van der Waals surface area contributed by atoms with Gasteiger partial charge in [0.15, 0.2) is 0 Å². The van der Waals surface area contributed by atoms with Crippen LogP contribution in [0.15, 0.2) is 24.3 Å². The molecule has 0 N–H and O–H groups in total. The van der Waals surface area contributed by atoms with Crippen molar-refractivity contribution >= 4 is 7.82 Å². The van der Waals surface area contributed by atoms with Gasteiger partial charge in [0.25, 0.3) is 0 Å². The number of aryl methyl sites for hydroxylation is 1. The maximum atomic E-state index is 10.1. The Bertz CT molecular complexity index is 308. The van der Waals surface area contributed by atoms with Gasteiger partial charge in [-0.1, -0.05) is 17.7 Å². The molecule has 0 spiro atoms. The van der Waals surface area contributed by atoms with Crippen LogP contribution >= 0.6 is 7.82 Å². The summed E-state index contributed by atoms with van der Waals surface area (Å²) in [6.07, 6.45) is 0. The van der Waals surface area contributed by atoms with Crippen LogP contribution in [0, 0.1) is 6.92 Å². The SMILES string of the molecule is Cc1ccc(OP(=O)([O-])[O-])cc1.[Na+].[Na+]. The molecule has 0 atom stereocenters. The fraction of sp³-hybridized carbons (Fsp3) is 0.143. The summed E-state index contributed by atoms with van der Waals surface area (Å²) in [5.41, 5.74) is 0.967. The van der Waals surface area contributed by atoms with Crippen LogP contribution in [0.1, 0.15) is 5.56 Å². The van der Waals surface area contributed by atoms with Gasteiger partial charge in [-0.2, -0.15) is 0 Å². The maximum absolute atomic E-state index is 10.1. The molecule has 0 aromatic heterocycles. The van der Waals surface area contributed by atoms with Gasteiger partial charge in [0.05, 0.1) is 0 Å². The van der Waals surface area contributed by atoms with Gasteiger partial charge in [-0.3, -0.25) is 0 Å². The number of phosphoric acid groups is 1. The molecule has 66 valence electrons. The second-order valence-electron chi connectivity index (χ2n) is 2.35. The van der Waals surface area contributed by atoms with Gasteiger partial charge >= 0.3 is 59.1 Å². The van der Waals surface area contributed by atoms with Crippen molar-refractivity contribution in [2.24, 2.45) is 0 Å². The molecule has 0 aliphatic heterocycles. The van der Waals surface area contributed by atoms with Crippen LogP contribution in [0.2, 0.25) is 0 Å². The molecule has 7 heteroatoms. The molecular formula is C7H7Na2O4P. The second kappa shape index (κ2) is 7.44. The molecule has 0 aliphatic carbocycles. The summed E-state index contributed by atoms with van der Waals surface area (Å²) < 4.78 is 14.2. The topological polar surface area (TPSA) is 72.4 Å². The quantitative estimate of drug-likeness (QED) is 0.376. The number of hydrogen-bond donors (Lipinski definition) is 0. The second-order valence-corrected chi connectivity index (χ2v) is 3.43. The van der Waals surface area contributed by atoms with Gasteiger partial charge in [-0.05, 0) is 19.1 Å². The minimum Gasteiger partial charge on any atom is -0.780 e. The van der Waals surface area contributed by atoms with Gasteiger partial charge in [0.1, 0.15) is 13.6 Å². The van der Waals surface area contributed by atoms with E-state index in [4.69, 9.17) is 0 Å². The first-order valence-corrected chi connectivity index (χ1v) is 4.72. The zero-order chi connectivity index (χ0) is 9.19. The van der Waals surface area contributed by atoms with Crippen LogP contribution in [-0.2, 0) is 4.57 Å². The largest absolute Gasteiger partial charge is 1.00 e. The predicted molar refractivity (Wildman–Crippen MR) is 39.4 cm³/mol. The van der Waals surface area contributed by atoms with E-state index in [9.17, 15) is 14.4 Å². The summed E-state index contributed by atoms with van der Waals surface area (Å²) in [6.45, 7) is 1.85. The summed E-state index contributed by atoms with van der Waals surface area (Å²) in [5, 5.41) is 0. The van der Waals surface area contributed by atoms with E-state index in [1.165, 1.54) is 12.1 Å². The van der Waals surface area contributed by atoms with Crippen molar-refractivity contribution < 1.29 is 78.0 Å². The average molecular weight is 232 g/mol. The molecule has 0 fully saturated rings. The van der Waals surface area contributed by atoms with Gasteiger partial charge in [0.2, 0.25) is 0 Å². The molecule has 14 heavy (non-hydrogen) atoms. The predicted octanol–water partition coefficient (Wildman–Crippen LogP) is -5.79. The van der Waals surface area contributed by atoms with Crippen molar-refractivity contribution in [1.82, 2.24) is 0 Å². The van der Waals surface area contributed by atoms with Gasteiger partial charge in [-0.25, -0.2) is 0 Å². The molecule has 0 unspecified atom stereocenters. The van der Waals surface area contributed by atoms with E-state index in [1.54, 1.807) is 12.1 Å². The van der Waals surface area contributed by atoms with E-state index < -0.39 is 7.82 Å². The Morgan fingerprint density at radius 1 is 1.14 bits per heavy atom. The van der Waals surface area contributed by atoms with Crippen LogP contribution in [0.4, 0.5) is 0 Å². The third-order valence-electron chi connectivity index (χ3n) is 1.24. The van der Waals surface area contributed by atoms with Gasteiger partial charge < -0.3 is 18.9 Å². The average Bonchev–Trinajstić information content (AvgIpc) is 1.91. The molecule has 1 aromatic rings. The first kappa shape index (κ1) is 17.6. The van der Waals surface area contributed by atoms with Crippen molar-refractivity contribution in [2.75, 3.05) is 0 Å². The van der Waals surface area contributed by atoms with Crippen molar-refractivity contribution in [3.63, 3.8) is 0 Å². The molecule has 0 amide bonds. The molecule has 4 nitrogen and oxygen atoms in total. The van der Waals surface area contributed by atoms with E-state index in [0.717, 1.165) is 5.56 Å². The maximum Gasteiger partial charge on any atom is 1.00 e. The van der Waals surface area contributed by atoms with Crippen LogP contribution in [0.25, 0.3) is 0 Å². The van der Waals surface area contributed by atoms with Crippen LogP contribution in [0.5, 0.6) is 5.75 Å². The number of rotatable bonds is 2. The Balaban J connectivity index is 0. The van der Waals surface area contributed by atoms with E-state index in [-0.39, 0.29) is 64.9 Å². The Hall–Kier alpha value is 1.17. The fourth-order valence-corrected chi connectivity index (χ4v) is 1.11. The molecule has 0 radical (unpaired) electrons. The third kappa shape index (κ3) is 7.46. The smallest absolute Gasteiger partial charge is 0.780 e. The zero-order valence-corrected chi connectivity index (χ0v) is 13.3. The summed E-state index contributed by atoms with van der Waals surface area (Å²) in [7, 11) is -4.90. The summed E-state index contributed by atoms with van der Waals surface area (Å²) in [4.78, 5) is 20.3. The van der Waals surface area contributed by atoms with Crippen LogP contribution in [-0.4, -0.2) is 0 Å². The van der Waals surface area contributed by atoms with E-state index in [2.05, 4.69) is 4.52 Å². The Morgan fingerprint density at radius 3 is 1.93 bits per heavy atom. The first-order chi connectivity index (χ1) is 5.47. The molecule has 0 bridgehead atoms. The molecule has 1 rings (SSSR count). The summed E-state index contributed by atoms with van der Waals surface area (Å²) >= 11 is 0. The fourth-order valence-electron chi connectivity index (χ4n) is 0.728. The van der Waals surface area contributed by atoms with Crippen molar-refractivity contribution in [2.45, 2.75) is 6.92 Å². The van der Waals surface area contributed by atoms with Gasteiger partial charge in [-0.15, -0.1) is 0 Å². The molecule has 1 aromatic carbocycles. The molecule has 0 saturated heterocycles. The molecule has 0 heterocycles. The summed E-state index contributed by atoms with van der Waals surface area (Å²) in [6, 6.07) is 6.17. The Labute approximate surface area is 127 Å². The first-order valence-electron chi connectivity index (χ1n) is 3.26. The van der Waals surface area contributed by atoms with Crippen molar-refractivity contribution in [3.05, 3.63) is 29.8 Å². The number of benzene rings is 1. The number of hydrogen-bond acceptors (Lipinski definition) is 4. The monoisotopic (exact) mass is 232 g/mol. The normalized spacial score (nSPS) is 9.64. The van der Waals surface area contributed by atoms with E-state index in [1.807, 2.05) is 6.92 Å². The van der Waals surface area contributed by atoms with Crippen molar-refractivity contribution in [3.8, 4) is 5.75 Å². The van der Waals surface area contributed by atoms with E-state index >= 15 is 0 Å². The minimum atomic E-state index is -4.90.